The van der Waals surface area contributed by atoms with E-state index in [9.17, 15) is 0 Å². The molecule has 3 nitrogen and oxygen atoms in total. The van der Waals surface area contributed by atoms with Crippen molar-refractivity contribution >= 4 is 28.6 Å². The predicted octanol–water partition coefficient (Wildman–Crippen LogP) is 3.68. The van der Waals surface area contributed by atoms with E-state index in [0.717, 1.165) is 23.8 Å². The Morgan fingerprint density at radius 2 is 2.30 bits per heavy atom. The molecule has 1 aromatic heterocycles. The van der Waals surface area contributed by atoms with Crippen LogP contribution in [0, 0.1) is 0 Å². The maximum absolute atomic E-state index is 6.38. The number of benzene rings is 1. The van der Waals surface area contributed by atoms with Gasteiger partial charge in [0.15, 0.2) is 0 Å². The van der Waals surface area contributed by atoms with E-state index in [2.05, 4.69) is 33.7 Å². The van der Waals surface area contributed by atoms with Crippen LogP contribution in [-0.4, -0.2) is 18.1 Å². The molecule has 1 N–H and O–H groups in total. The first kappa shape index (κ1) is 13.9. The maximum atomic E-state index is 6.38. The monoisotopic (exact) mass is 307 g/mol. The Kier molecular flexibility index (Phi) is 4.24. The second kappa shape index (κ2) is 6.12. The molecular weight excluding hydrogens is 290 g/mol. The normalized spacial score (nSPS) is 14.5. The average molecular weight is 308 g/mol. The molecule has 1 heterocycles. The van der Waals surface area contributed by atoms with Crippen LogP contribution in [0.3, 0.4) is 0 Å². The Bertz CT molecular complexity index is 567. The van der Waals surface area contributed by atoms with E-state index in [1.807, 2.05) is 17.6 Å². The average Bonchev–Trinajstić information content (AvgIpc) is 3.13. The van der Waals surface area contributed by atoms with E-state index in [4.69, 9.17) is 11.6 Å². The van der Waals surface area contributed by atoms with Gasteiger partial charge in [-0.2, -0.15) is 0 Å². The number of halogens is 1. The quantitative estimate of drug-likeness (QED) is 0.882. The van der Waals surface area contributed by atoms with E-state index < -0.39 is 0 Å². The number of hydrogen-bond donors (Lipinski definition) is 1. The first-order valence-corrected chi connectivity index (χ1v) is 8.15. The van der Waals surface area contributed by atoms with Crippen molar-refractivity contribution in [3.63, 3.8) is 0 Å². The maximum Gasteiger partial charge on any atom is 0.0795 e. The van der Waals surface area contributed by atoms with E-state index in [-0.39, 0.29) is 0 Å². The third-order valence-corrected chi connectivity index (χ3v) is 4.52. The molecule has 0 aliphatic heterocycles. The lowest BCUT2D eigenvalue weighted by Crippen LogP contribution is -2.22. The number of thiazole rings is 1. The molecule has 0 unspecified atom stereocenters. The van der Waals surface area contributed by atoms with Crippen LogP contribution in [0.1, 0.15) is 24.1 Å². The van der Waals surface area contributed by atoms with Crippen molar-refractivity contribution in [3.8, 4) is 0 Å². The fourth-order valence-corrected chi connectivity index (χ4v) is 3.04. The van der Waals surface area contributed by atoms with Crippen LogP contribution < -0.4 is 10.2 Å². The fraction of sp³-hybridized carbons (Fsp3) is 0.400. The van der Waals surface area contributed by atoms with Crippen molar-refractivity contribution in [2.75, 3.05) is 11.9 Å². The molecule has 1 saturated carbocycles. The van der Waals surface area contributed by atoms with Crippen LogP contribution in [0.4, 0.5) is 5.69 Å². The second-order valence-electron chi connectivity index (χ2n) is 5.23. The number of hydrogen-bond acceptors (Lipinski definition) is 4. The standard InChI is InChI=1S/C15H18ClN3S/c1-19(8-12-9-20-10-18-12)15-4-2-3-14(16)13(15)7-17-11-5-6-11/h2-4,9-11,17H,5-8H2,1H3. The van der Waals surface area contributed by atoms with Crippen molar-refractivity contribution < 1.29 is 0 Å². The van der Waals surface area contributed by atoms with Crippen molar-refractivity contribution in [1.82, 2.24) is 10.3 Å². The van der Waals surface area contributed by atoms with Gasteiger partial charge in [0.05, 0.1) is 17.7 Å². The van der Waals surface area contributed by atoms with Gasteiger partial charge in [-0.1, -0.05) is 17.7 Å². The molecule has 2 aromatic rings. The van der Waals surface area contributed by atoms with Crippen LogP contribution in [0.25, 0.3) is 0 Å². The lowest BCUT2D eigenvalue weighted by Gasteiger charge is -2.22. The van der Waals surface area contributed by atoms with Gasteiger partial charge >= 0.3 is 0 Å². The molecule has 1 aromatic carbocycles. The molecule has 0 amide bonds. The van der Waals surface area contributed by atoms with Crippen LogP contribution in [0.5, 0.6) is 0 Å². The van der Waals surface area contributed by atoms with Gasteiger partial charge in [-0.3, -0.25) is 0 Å². The molecule has 106 valence electrons. The van der Waals surface area contributed by atoms with E-state index in [1.54, 1.807) is 11.3 Å². The summed E-state index contributed by atoms with van der Waals surface area (Å²) in [6.45, 7) is 1.64. The van der Waals surface area contributed by atoms with E-state index >= 15 is 0 Å². The van der Waals surface area contributed by atoms with Gasteiger partial charge in [0.25, 0.3) is 0 Å². The molecule has 20 heavy (non-hydrogen) atoms. The molecule has 3 rings (SSSR count). The highest BCUT2D eigenvalue weighted by atomic mass is 35.5. The lowest BCUT2D eigenvalue weighted by atomic mass is 10.1. The minimum atomic E-state index is 0.683. The summed E-state index contributed by atoms with van der Waals surface area (Å²) in [5.74, 6) is 0. The summed E-state index contributed by atoms with van der Waals surface area (Å²) in [5.41, 5.74) is 5.33. The van der Waals surface area contributed by atoms with Gasteiger partial charge < -0.3 is 10.2 Å². The highest BCUT2D eigenvalue weighted by molar-refractivity contribution is 7.07. The summed E-state index contributed by atoms with van der Waals surface area (Å²) >= 11 is 8.01. The third kappa shape index (κ3) is 3.32. The first-order chi connectivity index (χ1) is 9.74. The SMILES string of the molecule is CN(Cc1cscn1)c1cccc(Cl)c1CNC1CC1. The molecule has 1 fully saturated rings. The zero-order valence-electron chi connectivity index (χ0n) is 11.5. The fourth-order valence-electron chi connectivity index (χ4n) is 2.26. The van der Waals surface area contributed by atoms with Crippen LogP contribution >= 0.6 is 22.9 Å². The summed E-state index contributed by atoms with van der Waals surface area (Å²) in [5, 5.41) is 6.46. The Balaban J connectivity index is 1.77. The smallest absolute Gasteiger partial charge is 0.0795 e. The highest BCUT2D eigenvalue weighted by Crippen LogP contribution is 2.29. The van der Waals surface area contributed by atoms with Crippen LogP contribution in [0.2, 0.25) is 5.02 Å². The summed E-state index contributed by atoms with van der Waals surface area (Å²) in [6, 6.07) is 6.78. The molecule has 1 aliphatic rings. The number of nitrogens with zero attached hydrogens (tertiary/aromatic N) is 2. The molecule has 0 spiro atoms. The Morgan fingerprint density at radius 1 is 1.45 bits per heavy atom. The minimum Gasteiger partial charge on any atom is -0.368 e. The zero-order valence-corrected chi connectivity index (χ0v) is 13.0. The van der Waals surface area contributed by atoms with Gasteiger partial charge in [-0.15, -0.1) is 11.3 Å². The summed E-state index contributed by atoms with van der Waals surface area (Å²) < 4.78 is 0. The van der Waals surface area contributed by atoms with Crippen LogP contribution in [0.15, 0.2) is 29.1 Å². The first-order valence-electron chi connectivity index (χ1n) is 6.83. The number of rotatable bonds is 6. The molecule has 0 bridgehead atoms. The van der Waals surface area contributed by atoms with Crippen molar-refractivity contribution in [3.05, 3.63) is 45.4 Å². The molecular formula is C15H18ClN3S. The summed E-state index contributed by atoms with van der Waals surface area (Å²) in [6.07, 6.45) is 2.57. The van der Waals surface area contributed by atoms with Crippen LogP contribution in [-0.2, 0) is 13.1 Å². The number of nitrogens with one attached hydrogen (secondary N) is 1. The topological polar surface area (TPSA) is 28.2 Å². The molecule has 0 saturated heterocycles. The second-order valence-corrected chi connectivity index (χ2v) is 6.35. The van der Waals surface area contributed by atoms with Crippen molar-refractivity contribution in [2.45, 2.75) is 32.0 Å². The van der Waals surface area contributed by atoms with Gasteiger partial charge in [-0.25, -0.2) is 4.98 Å². The number of anilines is 1. The van der Waals surface area contributed by atoms with Gasteiger partial charge in [0.1, 0.15) is 0 Å². The summed E-state index contributed by atoms with van der Waals surface area (Å²) in [4.78, 5) is 6.56. The lowest BCUT2D eigenvalue weighted by molar-refractivity contribution is 0.685. The molecule has 1 aliphatic carbocycles. The predicted molar refractivity (Wildman–Crippen MR) is 85.5 cm³/mol. The van der Waals surface area contributed by atoms with E-state index in [0.29, 0.717) is 6.04 Å². The Morgan fingerprint density at radius 3 is 3.00 bits per heavy atom. The summed E-state index contributed by atoms with van der Waals surface area (Å²) in [7, 11) is 2.09. The zero-order chi connectivity index (χ0) is 13.9. The largest absolute Gasteiger partial charge is 0.368 e. The van der Waals surface area contributed by atoms with Gasteiger partial charge in [0, 0.05) is 41.3 Å². The third-order valence-electron chi connectivity index (χ3n) is 3.53. The van der Waals surface area contributed by atoms with E-state index in [1.165, 1.54) is 24.1 Å². The Labute approximate surface area is 128 Å². The molecule has 5 heteroatoms. The van der Waals surface area contributed by atoms with Gasteiger partial charge in [0.2, 0.25) is 0 Å². The number of aromatic nitrogens is 1. The Hall–Kier alpha value is -1.10. The minimum absolute atomic E-state index is 0.683. The van der Waals surface area contributed by atoms with Crippen molar-refractivity contribution in [2.24, 2.45) is 0 Å². The molecule has 0 radical (unpaired) electrons. The van der Waals surface area contributed by atoms with Gasteiger partial charge in [-0.05, 0) is 25.0 Å². The highest BCUT2D eigenvalue weighted by Gasteiger charge is 2.21. The van der Waals surface area contributed by atoms with Crippen molar-refractivity contribution in [1.29, 1.82) is 0 Å². The molecule has 0 atom stereocenters.